The smallest absolute Gasteiger partial charge is 0.325 e. The summed E-state index contributed by atoms with van der Waals surface area (Å²) in [6.07, 6.45) is -4.88. The number of hydrogen-bond donors (Lipinski definition) is 1. The van der Waals surface area contributed by atoms with Crippen LogP contribution in [-0.2, 0) is 22.8 Å². The summed E-state index contributed by atoms with van der Waals surface area (Å²) in [6, 6.07) is 10.2. The number of amides is 1. The van der Waals surface area contributed by atoms with Gasteiger partial charge in [-0.3, -0.25) is 4.79 Å². The molecule has 1 atom stereocenters. The molecule has 0 fully saturated rings. The van der Waals surface area contributed by atoms with Gasteiger partial charge in [0, 0.05) is 11.8 Å². The quantitative estimate of drug-likeness (QED) is 0.485. The Morgan fingerprint density at radius 3 is 2.13 bits per heavy atom. The Kier molecular flexibility index (Phi) is 4.83. The number of anilines is 1. The molecule has 1 amide bonds. The fourth-order valence-corrected chi connectivity index (χ4v) is 3.89. The monoisotopic (exact) mass is 435 g/mol. The Hall–Kier alpha value is -3.29. The molecule has 0 saturated heterocycles. The molecule has 3 aromatic rings. The molecular weight excluding hydrogens is 420 g/mol. The second kappa shape index (κ2) is 7.14. The van der Waals surface area contributed by atoms with E-state index in [1.54, 1.807) is 6.92 Å². The van der Waals surface area contributed by atoms with E-state index < -0.39 is 40.5 Å². The first-order chi connectivity index (χ1) is 14.5. The molecule has 0 saturated carbocycles. The van der Waals surface area contributed by atoms with E-state index in [0.717, 1.165) is 24.3 Å². The minimum atomic E-state index is -4.86. The van der Waals surface area contributed by atoms with Crippen LogP contribution in [-0.4, -0.2) is 5.91 Å². The van der Waals surface area contributed by atoms with Gasteiger partial charge in [-0.15, -0.1) is 0 Å². The number of rotatable bonds is 3. The van der Waals surface area contributed by atoms with Gasteiger partial charge in [0.2, 0.25) is 5.91 Å². The molecule has 1 N–H and O–H groups in total. The van der Waals surface area contributed by atoms with Crippen molar-refractivity contribution in [1.29, 1.82) is 0 Å². The number of carbonyl (C=O) groups is 1. The van der Waals surface area contributed by atoms with Crippen LogP contribution in [0.5, 0.6) is 0 Å². The van der Waals surface area contributed by atoms with Crippen LogP contribution in [0.15, 0.2) is 54.6 Å². The molecule has 1 heterocycles. The molecule has 0 bridgehead atoms. The topological polar surface area (TPSA) is 29.1 Å². The molecule has 0 radical (unpaired) electrons. The van der Waals surface area contributed by atoms with Gasteiger partial charge in [-0.2, -0.15) is 13.2 Å². The van der Waals surface area contributed by atoms with Gasteiger partial charge in [-0.25, -0.2) is 13.2 Å². The maximum Gasteiger partial charge on any atom is 0.419 e. The molecule has 1 aliphatic heterocycles. The average Bonchev–Trinajstić information content (AvgIpc) is 2.90. The van der Waals surface area contributed by atoms with E-state index in [-0.39, 0.29) is 17.5 Å². The highest BCUT2D eigenvalue weighted by Crippen LogP contribution is 2.43. The number of benzene rings is 3. The number of alkyl halides is 3. The fourth-order valence-electron chi connectivity index (χ4n) is 3.89. The van der Waals surface area contributed by atoms with Crippen molar-refractivity contribution in [3.63, 3.8) is 0 Å². The van der Waals surface area contributed by atoms with Gasteiger partial charge >= 0.3 is 6.18 Å². The minimum absolute atomic E-state index is 0.0266. The Labute approximate surface area is 173 Å². The number of halogens is 6. The van der Waals surface area contributed by atoms with Crippen LogP contribution in [0.2, 0.25) is 0 Å². The summed E-state index contributed by atoms with van der Waals surface area (Å²) in [5.74, 6) is -3.35. The highest BCUT2D eigenvalue weighted by atomic mass is 19.4. The predicted octanol–water partition coefficient (Wildman–Crippen LogP) is 6.24. The second-order valence-corrected chi connectivity index (χ2v) is 7.69. The average molecular weight is 435 g/mol. The summed E-state index contributed by atoms with van der Waals surface area (Å²) < 4.78 is 80.1. The number of carbonyl (C=O) groups excluding carboxylic acids is 1. The Morgan fingerprint density at radius 1 is 0.871 bits per heavy atom. The minimum Gasteiger partial charge on any atom is -0.325 e. The van der Waals surface area contributed by atoms with Gasteiger partial charge in [0.25, 0.3) is 0 Å². The molecule has 3 aromatic carbocycles. The normalized spacial score (nSPS) is 18.1. The van der Waals surface area contributed by atoms with E-state index in [4.69, 9.17) is 0 Å². The maximum absolute atomic E-state index is 13.6. The SMILES string of the molecule is CC1(Cc2cc(F)cc(F)c2)C(=O)Nc2ccc(-c3ccc(F)c(C(F)(F)F)c3)cc21. The first kappa shape index (κ1) is 21.0. The summed E-state index contributed by atoms with van der Waals surface area (Å²) in [5.41, 5.74) is -0.957. The summed E-state index contributed by atoms with van der Waals surface area (Å²) in [7, 11) is 0. The molecule has 0 spiro atoms. The lowest BCUT2D eigenvalue weighted by Gasteiger charge is -2.23. The highest BCUT2D eigenvalue weighted by Gasteiger charge is 2.43. The summed E-state index contributed by atoms with van der Waals surface area (Å²) >= 11 is 0. The van der Waals surface area contributed by atoms with E-state index in [0.29, 0.717) is 22.9 Å². The Morgan fingerprint density at radius 2 is 1.48 bits per heavy atom. The number of fused-ring (bicyclic) bond motifs is 1. The molecule has 0 aliphatic carbocycles. The molecule has 160 valence electrons. The zero-order chi connectivity index (χ0) is 22.6. The van der Waals surface area contributed by atoms with Crippen molar-refractivity contribution in [2.45, 2.75) is 24.9 Å². The van der Waals surface area contributed by atoms with Crippen molar-refractivity contribution >= 4 is 11.6 Å². The van der Waals surface area contributed by atoms with Gasteiger partial charge < -0.3 is 5.32 Å². The molecule has 1 unspecified atom stereocenters. The standard InChI is InChI=1S/C23H15F6NO/c1-22(11-12-6-15(24)10-16(25)7-12)18-9-14(3-5-20(18)30-21(22)31)13-2-4-19(26)17(8-13)23(27,28)29/h2-10H,11H2,1H3,(H,30,31). The molecule has 1 aliphatic rings. The van der Waals surface area contributed by atoms with E-state index in [1.807, 2.05) is 0 Å². The molecule has 2 nitrogen and oxygen atoms in total. The number of hydrogen-bond acceptors (Lipinski definition) is 1. The Balaban J connectivity index is 1.78. The largest absolute Gasteiger partial charge is 0.419 e. The third kappa shape index (κ3) is 3.78. The summed E-state index contributed by atoms with van der Waals surface area (Å²) in [6.45, 7) is 1.59. The van der Waals surface area contributed by atoms with Crippen LogP contribution in [0, 0.1) is 17.5 Å². The van der Waals surface area contributed by atoms with Crippen LogP contribution < -0.4 is 5.32 Å². The van der Waals surface area contributed by atoms with E-state index in [2.05, 4.69) is 5.32 Å². The molecule has 4 rings (SSSR count). The van der Waals surface area contributed by atoms with E-state index in [1.165, 1.54) is 24.3 Å². The highest BCUT2D eigenvalue weighted by molar-refractivity contribution is 6.06. The van der Waals surface area contributed by atoms with Gasteiger partial charge in [0.15, 0.2) is 0 Å². The van der Waals surface area contributed by atoms with Crippen LogP contribution in [0.1, 0.15) is 23.6 Å². The Bertz CT molecular complexity index is 1180. The van der Waals surface area contributed by atoms with Crippen molar-refractivity contribution in [3.05, 3.63) is 88.7 Å². The lowest BCUT2D eigenvalue weighted by atomic mass is 9.77. The van der Waals surface area contributed by atoms with Crippen LogP contribution >= 0.6 is 0 Å². The van der Waals surface area contributed by atoms with Crippen molar-refractivity contribution < 1.29 is 31.1 Å². The zero-order valence-corrected chi connectivity index (χ0v) is 16.1. The zero-order valence-electron chi connectivity index (χ0n) is 16.1. The summed E-state index contributed by atoms with van der Waals surface area (Å²) in [5, 5.41) is 2.69. The molecular formula is C23H15F6NO. The lowest BCUT2D eigenvalue weighted by Crippen LogP contribution is -2.33. The van der Waals surface area contributed by atoms with E-state index in [9.17, 15) is 31.1 Å². The van der Waals surface area contributed by atoms with Crippen molar-refractivity contribution in [3.8, 4) is 11.1 Å². The third-order valence-corrected chi connectivity index (χ3v) is 5.45. The van der Waals surface area contributed by atoms with Crippen LogP contribution in [0.4, 0.5) is 32.0 Å². The lowest BCUT2D eigenvalue weighted by molar-refractivity contribution is -0.140. The van der Waals surface area contributed by atoms with Crippen LogP contribution in [0.3, 0.4) is 0 Å². The fraction of sp³-hybridized carbons (Fsp3) is 0.174. The van der Waals surface area contributed by atoms with Gasteiger partial charge in [0.05, 0.1) is 11.0 Å². The maximum atomic E-state index is 13.6. The van der Waals surface area contributed by atoms with Crippen LogP contribution in [0.25, 0.3) is 11.1 Å². The first-order valence-corrected chi connectivity index (χ1v) is 9.25. The molecule has 0 aromatic heterocycles. The third-order valence-electron chi connectivity index (χ3n) is 5.45. The van der Waals surface area contributed by atoms with Crippen molar-refractivity contribution in [2.75, 3.05) is 5.32 Å². The predicted molar refractivity (Wildman–Crippen MR) is 103 cm³/mol. The van der Waals surface area contributed by atoms with Gasteiger partial charge in [-0.1, -0.05) is 12.1 Å². The summed E-state index contributed by atoms with van der Waals surface area (Å²) in [4.78, 5) is 12.7. The van der Waals surface area contributed by atoms with Gasteiger partial charge in [-0.05, 0) is 72.0 Å². The second-order valence-electron chi connectivity index (χ2n) is 7.69. The first-order valence-electron chi connectivity index (χ1n) is 9.25. The van der Waals surface area contributed by atoms with Crippen molar-refractivity contribution in [1.82, 2.24) is 0 Å². The molecule has 31 heavy (non-hydrogen) atoms. The number of nitrogens with one attached hydrogen (secondary N) is 1. The van der Waals surface area contributed by atoms with Crippen molar-refractivity contribution in [2.24, 2.45) is 0 Å². The molecule has 8 heteroatoms. The van der Waals surface area contributed by atoms with Gasteiger partial charge in [0.1, 0.15) is 17.5 Å². The van der Waals surface area contributed by atoms with E-state index >= 15 is 0 Å².